The molecule has 1 aliphatic carbocycles. The lowest BCUT2D eigenvalue weighted by atomic mass is 9.98. The van der Waals surface area contributed by atoms with Gasteiger partial charge in [-0.25, -0.2) is 9.78 Å². The number of aliphatic carboxylic acids is 1. The molecule has 0 bridgehead atoms. The minimum Gasteiger partial charge on any atom is -0.480 e. The number of hydrogen-bond acceptors (Lipinski definition) is 6. The van der Waals surface area contributed by atoms with Gasteiger partial charge in [0.15, 0.2) is 5.13 Å². The summed E-state index contributed by atoms with van der Waals surface area (Å²) in [6.45, 7) is 3.40. The molecule has 3 aromatic rings. The second-order valence-electron chi connectivity index (χ2n) is 8.07. The van der Waals surface area contributed by atoms with Gasteiger partial charge in [0.25, 0.3) is 5.91 Å². The lowest BCUT2D eigenvalue weighted by Gasteiger charge is -2.26. The minimum absolute atomic E-state index is 0.0632. The number of thiazole rings is 1. The van der Waals surface area contributed by atoms with Crippen molar-refractivity contribution in [1.82, 2.24) is 9.88 Å². The normalized spacial score (nSPS) is 13.0. The Hall–Kier alpha value is -3.72. The lowest BCUT2D eigenvalue weighted by Crippen LogP contribution is -2.42. The number of carboxylic acid groups (broad SMARTS) is 1. The molecule has 0 saturated carbocycles. The van der Waals surface area contributed by atoms with E-state index in [2.05, 4.69) is 22.4 Å². The van der Waals surface area contributed by atoms with Crippen LogP contribution in [0.15, 0.2) is 53.9 Å². The highest BCUT2D eigenvalue weighted by atomic mass is 32.1. The molecule has 0 saturated heterocycles. The molecule has 1 heterocycles. The van der Waals surface area contributed by atoms with Gasteiger partial charge < -0.3 is 14.7 Å². The Bertz CT molecular complexity index is 1180. The van der Waals surface area contributed by atoms with Gasteiger partial charge in [-0.2, -0.15) is 0 Å². The molecule has 1 atom stereocenters. The number of aromatic nitrogens is 1. The highest BCUT2D eigenvalue weighted by Crippen LogP contribution is 2.44. The predicted molar refractivity (Wildman–Crippen MR) is 129 cm³/mol. The van der Waals surface area contributed by atoms with Crippen LogP contribution in [0.4, 0.5) is 9.93 Å². The molecule has 4 rings (SSSR count). The highest BCUT2D eigenvalue weighted by Gasteiger charge is 2.29. The number of hydrogen-bond donors (Lipinski definition) is 2. The zero-order chi connectivity index (χ0) is 24.2. The third-order valence-electron chi connectivity index (χ3n) is 5.97. The van der Waals surface area contributed by atoms with Crippen LogP contribution in [0.5, 0.6) is 0 Å². The van der Waals surface area contributed by atoms with E-state index in [-0.39, 0.29) is 29.4 Å². The second kappa shape index (κ2) is 10.0. The SMILES string of the molecule is CCC(C)N(CC(=O)O)C(=O)c1csc(NC(=O)OCC2c3ccccc3-c3ccccc32)n1. The Morgan fingerprint density at radius 3 is 2.32 bits per heavy atom. The molecule has 34 heavy (non-hydrogen) atoms. The van der Waals surface area contributed by atoms with Crippen molar-refractivity contribution >= 4 is 34.4 Å². The monoisotopic (exact) mass is 479 g/mol. The number of carbonyl (C=O) groups excluding carboxylic acids is 2. The van der Waals surface area contributed by atoms with Crippen molar-refractivity contribution in [2.75, 3.05) is 18.5 Å². The number of carbonyl (C=O) groups is 3. The maximum Gasteiger partial charge on any atom is 0.413 e. The van der Waals surface area contributed by atoms with Crippen molar-refractivity contribution in [2.45, 2.75) is 32.2 Å². The third-order valence-corrected chi connectivity index (χ3v) is 6.72. The highest BCUT2D eigenvalue weighted by molar-refractivity contribution is 7.14. The van der Waals surface area contributed by atoms with Crippen LogP contribution in [0.25, 0.3) is 11.1 Å². The van der Waals surface area contributed by atoms with E-state index in [9.17, 15) is 14.4 Å². The number of nitrogens with one attached hydrogen (secondary N) is 1. The molecule has 1 aromatic heterocycles. The molecule has 0 radical (unpaired) electrons. The van der Waals surface area contributed by atoms with Crippen molar-refractivity contribution in [3.63, 3.8) is 0 Å². The van der Waals surface area contributed by atoms with Crippen LogP contribution in [0.2, 0.25) is 0 Å². The Balaban J connectivity index is 1.40. The maximum absolute atomic E-state index is 12.8. The fourth-order valence-electron chi connectivity index (χ4n) is 4.09. The van der Waals surface area contributed by atoms with E-state index in [0.29, 0.717) is 6.42 Å². The van der Waals surface area contributed by atoms with Gasteiger partial charge in [0.1, 0.15) is 18.8 Å². The largest absolute Gasteiger partial charge is 0.480 e. The number of amides is 2. The first kappa shape index (κ1) is 23.4. The molecule has 1 unspecified atom stereocenters. The topological polar surface area (TPSA) is 109 Å². The molecular weight excluding hydrogens is 454 g/mol. The molecule has 0 spiro atoms. The number of benzene rings is 2. The van der Waals surface area contributed by atoms with E-state index in [0.717, 1.165) is 33.6 Å². The first-order valence-corrected chi connectivity index (χ1v) is 11.9. The van der Waals surface area contributed by atoms with E-state index >= 15 is 0 Å². The van der Waals surface area contributed by atoms with Gasteiger partial charge in [0.2, 0.25) is 0 Å². The molecular formula is C25H25N3O5S. The van der Waals surface area contributed by atoms with Crippen LogP contribution in [0.1, 0.15) is 47.8 Å². The molecule has 0 aliphatic heterocycles. The molecule has 8 nitrogen and oxygen atoms in total. The van der Waals surface area contributed by atoms with Crippen molar-refractivity contribution < 1.29 is 24.2 Å². The van der Waals surface area contributed by atoms with E-state index in [1.165, 1.54) is 10.3 Å². The van der Waals surface area contributed by atoms with Crippen molar-refractivity contribution in [1.29, 1.82) is 0 Å². The number of nitrogens with zero attached hydrogens (tertiary/aromatic N) is 2. The van der Waals surface area contributed by atoms with Crippen LogP contribution >= 0.6 is 11.3 Å². The maximum atomic E-state index is 12.8. The molecule has 9 heteroatoms. The molecule has 176 valence electrons. The zero-order valence-corrected chi connectivity index (χ0v) is 19.7. The first-order valence-electron chi connectivity index (χ1n) is 11.0. The lowest BCUT2D eigenvalue weighted by molar-refractivity contribution is -0.138. The van der Waals surface area contributed by atoms with E-state index < -0.39 is 24.5 Å². The van der Waals surface area contributed by atoms with Crippen LogP contribution in [0.3, 0.4) is 0 Å². The molecule has 2 aromatic carbocycles. The fourth-order valence-corrected chi connectivity index (χ4v) is 4.76. The summed E-state index contributed by atoms with van der Waals surface area (Å²) in [4.78, 5) is 41.8. The van der Waals surface area contributed by atoms with Gasteiger partial charge in [-0.05, 0) is 35.6 Å². The number of ether oxygens (including phenoxy) is 1. The Labute approximate surface area is 201 Å². The number of fused-ring (bicyclic) bond motifs is 3. The molecule has 2 amide bonds. The van der Waals surface area contributed by atoms with Gasteiger partial charge >= 0.3 is 12.1 Å². The molecule has 0 fully saturated rings. The number of rotatable bonds is 8. The summed E-state index contributed by atoms with van der Waals surface area (Å²) in [7, 11) is 0. The van der Waals surface area contributed by atoms with Crippen molar-refractivity contribution in [2.24, 2.45) is 0 Å². The summed E-state index contributed by atoms with van der Waals surface area (Å²) in [5, 5.41) is 13.4. The van der Waals surface area contributed by atoms with Gasteiger partial charge in [-0.15, -0.1) is 11.3 Å². The predicted octanol–water partition coefficient (Wildman–Crippen LogP) is 4.83. The van der Waals surface area contributed by atoms with Gasteiger partial charge in [0.05, 0.1) is 0 Å². The smallest absolute Gasteiger partial charge is 0.413 e. The Morgan fingerprint density at radius 2 is 1.74 bits per heavy atom. The first-order chi connectivity index (χ1) is 16.4. The van der Waals surface area contributed by atoms with Crippen LogP contribution in [-0.2, 0) is 9.53 Å². The average Bonchev–Trinajstić information content (AvgIpc) is 3.43. The van der Waals surface area contributed by atoms with Gasteiger partial charge in [-0.1, -0.05) is 55.5 Å². The second-order valence-corrected chi connectivity index (χ2v) is 8.93. The quantitative estimate of drug-likeness (QED) is 0.479. The van der Waals surface area contributed by atoms with Crippen LogP contribution < -0.4 is 5.32 Å². The summed E-state index contributed by atoms with van der Waals surface area (Å²) in [6.07, 6.45) is -0.0619. The van der Waals surface area contributed by atoms with E-state index in [1.807, 2.05) is 43.3 Å². The Morgan fingerprint density at radius 1 is 1.12 bits per heavy atom. The summed E-state index contributed by atoms with van der Waals surface area (Å²) in [5.74, 6) is -1.65. The van der Waals surface area contributed by atoms with Crippen molar-refractivity contribution in [3.05, 3.63) is 70.7 Å². The number of carboxylic acids is 1. The van der Waals surface area contributed by atoms with Crippen molar-refractivity contribution in [3.8, 4) is 11.1 Å². The summed E-state index contributed by atoms with van der Waals surface area (Å²) < 4.78 is 5.51. The summed E-state index contributed by atoms with van der Waals surface area (Å²) in [6, 6.07) is 15.9. The standard InChI is InChI=1S/C25H25N3O5S/c1-3-15(2)28(12-22(29)30)23(31)21-14-34-24(26-21)27-25(32)33-13-20-18-10-6-4-8-16(18)17-9-5-7-11-19(17)20/h4-11,14-15,20H,3,12-13H2,1-2H3,(H,29,30)(H,26,27,32). The fraction of sp³-hybridized carbons (Fsp3) is 0.280. The molecule has 2 N–H and O–H groups in total. The zero-order valence-electron chi connectivity index (χ0n) is 18.9. The summed E-state index contributed by atoms with van der Waals surface area (Å²) in [5.41, 5.74) is 4.59. The Kier molecular flexibility index (Phi) is 6.93. The molecule has 1 aliphatic rings. The van der Waals surface area contributed by atoms with E-state index in [4.69, 9.17) is 9.84 Å². The van der Waals surface area contributed by atoms with Gasteiger partial charge in [-0.3, -0.25) is 14.9 Å². The van der Waals surface area contributed by atoms with E-state index in [1.54, 1.807) is 6.92 Å². The number of anilines is 1. The third kappa shape index (κ3) is 4.79. The average molecular weight is 480 g/mol. The van der Waals surface area contributed by atoms with Crippen LogP contribution in [0, 0.1) is 0 Å². The minimum atomic E-state index is -1.10. The van der Waals surface area contributed by atoms with Gasteiger partial charge in [0, 0.05) is 17.3 Å². The summed E-state index contributed by atoms with van der Waals surface area (Å²) >= 11 is 1.08. The van der Waals surface area contributed by atoms with Crippen LogP contribution in [-0.4, -0.2) is 52.2 Å².